The van der Waals surface area contributed by atoms with Gasteiger partial charge in [0.15, 0.2) is 0 Å². The van der Waals surface area contributed by atoms with Gasteiger partial charge in [0.05, 0.1) is 5.69 Å². The quantitative estimate of drug-likeness (QED) is 0.701. The molecular weight excluding hydrogens is 210 g/mol. The Hall–Kier alpha value is -2.13. The van der Waals surface area contributed by atoms with Crippen LogP contribution < -0.4 is 5.73 Å². The second-order valence-electron chi connectivity index (χ2n) is 4.04. The first-order valence-electron chi connectivity index (χ1n) is 5.60. The smallest absolute Gasteiger partial charge is 0.0924 e. The van der Waals surface area contributed by atoms with Gasteiger partial charge in [-0.3, -0.25) is 5.10 Å². The lowest BCUT2D eigenvalue weighted by atomic mass is 10.1. The molecule has 0 aliphatic carbocycles. The van der Waals surface area contributed by atoms with E-state index < -0.39 is 0 Å². The van der Waals surface area contributed by atoms with E-state index in [2.05, 4.69) is 40.5 Å². The minimum absolute atomic E-state index is 0.487. The third kappa shape index (κ3) is 1.81. The zero-order chi connectivity index (χ0) is 11.7. The van der Waals surface area contributed by atoms with E-state index in [0.717, 1.165) is 17.0 Å². The van der Waals surface area contributed by atoms with Gasteiger partial charge >= 0.3 is 0 Å². The fraction of sp³-hybridized carbons (Fsp3) is 0.0714. The van der Waals surface area contributed by atoms with Gasteiger partial charge in [-0.25, -0.2) is 0 Å². The number of hydrogen-bond donors (Lipinski definition) is 2. The first kappa shape index (κ1) is 10.1. The summed E-state index contributed by atoms with van der Waals surface area (Å²) < 4.78 is 0. The summed E-state index contributed by atoms with van der Waals surface area (Å²) >= 11 is 0. The number of rotatable bonds is 2. The van der Waals surface area contributed by atoms with Crippen LogP contribution in [0.3, 0.4) is 0 Å². The monoisotopic (exact) mass is 223 g/mol. The summed E-state index contributed by atoms with van der Waals surface area (Å²) in [7, 11) is 0. The molecule has 3 N–H and O–H groups in total. The van der Waals surface area contributed by atoms with Gasteiger partial charge in [-0.15, -0.1) is 0 Å². The number of fused-ring (bicyclic) bond motifs is 1. The van der Waals surface area contributed by atoms with E-state index in [4.69, 9.17) is 5.73 Å². The predicted octanol–water partition coefficient (Wildman–Crippen LogP) is 2.69. The summed E-state index contributed by atoms with van der Waals surface area (Å²) in [4.78, 5) is 0. The van der Waals surface area contributed by atoms with Crippen LogP contribution in [-0.2, 0) is 6.54 Å². The molecule has 0 saturated heterocycles. The van der Waals surface area contributed by atoms with Crippen LogP contribution in [0.1, 0.15) is 5.69 Å². The maximum atomic E-state index is 5.56. The number of H-pyrrole nitrogens is 1. The van der Waals surface area contributed by atoms with E-state index in [9.17, 15) is 0 Å². The van der Waals surface area contributed by atoms with E-state index in [1.165, 1.54) is 10.8 Å². The Balaban J connectivity index is 2.11. The molecule has 84 valence electrons. The molecule has 0 fully saturated rings. The molecule has 17 heavy (non-hydrogen) atoms. The lowest BCUT2D eigenvalue weighted by Crippen LogP contribution is -1.95. The number of nitrogens with zero attached hydrogens (tertiary/aromatic N) is 1. The van der Waals surface area contributed by atoms with Crippen molar-refractivity contribution < 1.29 is 0 Å². The van der Waals surface area contributed by atoms with Crippen LogP contribution in [0.5, 0.6) is 0 Å². The SMILES string of the molecule is NCc1cc(-c2ccc3ccccc3c2)n[nH]1. The van der Waals surface area contributed by atoms with E-state index in [1.807, 2.05) is 18.2 Å². The summed E-state index contributed by atoms with van der Waals surface area (Å²) in [6, 6.07) is 16.6. The van der Waals surface area contributed by atoms with Crippen LogP contribution >= 0.6 is 0 Å². The average Bonchev–Trinajstić information content (AvgIpc) is 2.87. The second-order valence-corrected chi connectivity index (χ2v) is 4.04. The number of benzene rings is 2. The fourth-order valence-corrected chi connectivity index (χ4v) is 1.96. The Morgan fingerprint density at radius 2 is 1.82 bits per heavy atom. The first-order chi connectivity index (χ1) is 8.36. The molecule has 0 aliphatic rings. The highest BCUT2D eigenvalue weighted by molar-refractivity contribution is 5.86. The van der Waals surface area contributed by atoms with Gasteiger partial charge < -0.3 is 5.73 Å². The Kier molecular flexibility index (Phi) is 2.38. The topological polar surface area (TPSA) is 54.7 Å². The molecule has 3 rings (SSSR count). The van der Waals surface area contributed by atoms with E-state index in [1.54, 1.807) is 0 Å². The van der Waals surface area contributed by atoms with Gasteiger partial charge in [-0.2, -0.15) is 5.10 Å². The normalized spacial score (nSPS) is 10.9. The molecule has 3 heteroatoms. The highest BCUT2D eigenvalue weighted by Crippen LogP contribution is 2.23. The summed E-state index contributed by atoms with van der Waals surface area (Å²) in [5, 5.41) is 9.65. The zero-order valence-corrected chi connectivity index (χ0v) is 9.35. The molecule has 1 heterocycles. The summed E-state index contributed by atoms with van der Waals surface area (Å²) in [6.45, 7) is 0.487. The summed E-state index contributed by atoms with van der Waals surface area (Å²) in [5.41, 5.74) is 8.56. The van der Waals surface area contributed by atoms with Crippen LogP contribution in [0.15, 0.2) is 48.5 Å². The maximum absolute atomic E-state index is 5.56. The molecule has 3 aromatic rings. The van der Waals surface area contributed by atoms with Crippen molar-refractivity contribution in [3.8, 4) is 11.3 Å². The van der Waals surface area contributed by atoms with Crippen molar-refractivity contribution in [3.63, 3.8) is 0 Å². The van der Waals surface area contributed by atoms with Crippen LogP contribution in [-0.4, -0.2) is 10.2 Å². The summed E-state index contributed by atoms with van der Waals surface area (Å²) in [6.07, 6.45) is 0. The van der Waals surface area contributed by atoms with Crippen molar-refractivity contribution >= 4 is 10.8 Å². The van der Waals surface area contributed by atoms with Crippen molar-refractivity contribution in [3.05, 3.63) is 54.2 Å². The molecule has 0 saturated carbocycles. The van der Waals surface area contributed by atoms with E-state index in [-0.39, 0.29) is 0 Å². The number of nitrogens with one attached hydrogen (secondary N) is 1. The minimum atomic E-state index is 0.487. The Labute approximate surface area is 99.3 Å². The number of hydrogen-bond acceptors (Lipinski definition) is 2. The van der Waals surface area contributed by atoms with Gasteiger partial charge in [0.1, 0.15) is 0 Å². The van der Waals surface area contributed by atoms with Gasteiger partial charge in [0.25, 0.3) is 0 Å². The van der Waals surface area contributed by atoms with Crippen molar-refractivity contribution in [2.24, 2.45) is 5.73 Å². The third-order valence-corrected chi connectivity index (χ3v) is 2.90. The van der Waals surface area contributed by atoms with Crippen LogP contribution in [0.2, 0.25) is 0 Å². The lowest BCUT2D eigenvalue weighted by molar-refractivity contribution is 0.948. The van der Waals surface area contributed by atoms with Crippen molar-refractivity contribution in [2.45, 2.75) is 6.54 Å². The number of aromatic amines is 1. The Bertz CT molecular complexity index is 655. The third-order valence-electron chi connectivity index (χ3n) is 2.90. The Morgan fingerprint density at radius 3 is 2.59 bits per heavy atom. The molecule has 1 aromatic heterocycles. The predicted molar refractivity (Wildman–Crippen MR) is 69.4 cm³/mol. The zero-order valence-electron chi connectivity index (χ0n) is 9.35. The summed E-state index contributed by atoms with van der Waals surface area (Å²) in [5.74, 6) is 0. The van der Waals surface area contributed by atoms with Crippen LogP contribution in [0.4, 0.5) is 0 Å². The van der Waals surface area contributed by atoms with Crippen molar-refractivity contribution in [2.75, 3.05) is 0 Å². The van der Waals surface area contributed by atoms with Crippen LogP contribution in [0, 0.1) is 0 Å². The molecule has 0 spiro atoms. The molecule has 0 atom stereocenters. The van der Waals surface area contributed by atoms with E-state index >= 15 is 0 Å². The molecule has 0 unspecified atom stereocenters. The molecule has 3 nitrogen and oxygen atoms in total. The number of aromatic nitrogens is 2. The van der Waals surface area contributed by atoms with Crippen molar-refractivity contribution in [1.82, 2.24) is 10.2 Å². The average molecular weight is 223 g/mol. The fourth-order valence-electron chi connectivity index (χ4n) is 1.96. The van der Waals surface area contributed by atoms with Crippen molar-refractivity contribution in [1.29, 1.82) is 0 Å². The molecular formula is C14H13N3. The highest BCUT2D eigenvalue weighted by Gasteiger charge is 2.03. The van der Waals surface area contributed by atoms with Gasteiger partial charge in [-0.1, -0.05) is 36.4 Å². The van der Waals surface area contributed by atoms with Gasteiger partial charge in [-0.05, 0) is 22.9 Å². The standard InChI is InChI=1S/C14H13N3/c15-9-13-8-14(17-16-13)12-6-5-10-3-1-2-4-11(10)7-12/h1-8H,9,15H2,(H,16,17). The van der Waals surface area contributed by atoms with Gasteiger partial charge in [0, 0.05) is 17.8 Å². The molecule has 0 aliphatic heterocycles. The highest BCUT2D eigenvalue weighted by atomic mass is 15.1. The van der Waals surface area contributed by atoms with Gasteiger partial charge in [0.2, 0.25) is 0 Å². The Morgan fingerprint density at radius 1 is 1.00 bits per heavy atom. The minimum Gasteiger partial charge on any atom is -0.325 e. The lowest BCUT2D eigenvalue weighted by Gasteiger charge is -2.00. The first-order valence-corrected chi connectivity index (χ1v) is 5.60. The maximum Gasteiger partial charge on any atom is 0.0924 e. The molecule has 0 radical (unpaired) electrons. The number of nitrogens with two attached hydrogens (primary N) is 1. The molecule has 2 aromatic carbocycles. The van der Waals surface area contributed by atoms with Crippen LogP contribution in [0.25, 0.3) is 22.0 Å². The molecule has 0 bridgehead atoms. The largest absolute Gasteiger partial charge is 0.325 e. The molecule has 0 amide bonds. The second kappa shape index (κ2) is 4.03. The van der Waals surface area contributed by atoms with E-state index in [0.29, 0.717) is 6.54 Å².